The van der Waals surface area contributed by atoms with E-state index < -0.39 is 0 Å². The van der Waals surface area contributed by atoms with Crippen LogP contribution in [0.2, 0.25) is 0 Å². The number of fused-ring (bicyclic) bond motifs is 3. The van der Waals surface area contributed by atoms with Crippen molar-refractivity contribution in [3.63, 3.8) is 0 Å². The van der Waals surface area contributed by atoms with Gasteiger partial charge in [0.15, 0.2) is 0 Å². The van der Waals surface area contributed by atoms with Crippen molar-refractivity contribution in [3.8, 4) is 55.6 Å². The fourth-order valence-corrected chi connectivity index (χ4v) is 7.44. The van der Waals surface area contributed by atoms with E-state index in [4.69, 9.17) is 0 Å². The molecular weight excluding hydrogens is 577 g/mol. The zero-order valence-electron chi connectivity index (χ0n) is 26.5. The van der Waals surface area contributed by atoms with Gasteiger partial charge >= 0.3 is 0 Å². The summed E-state index contributed by atoms with van der Waals surface area (Å²) in [6.45, 7) is 0. The van der Waals surface area contributed by atoms with Crippen LogP contribution in [0.25, 0.3) is 88.0 Å². The SMILES string of the molecule is c1ccc(-c2ccc(-c3cccc4c(-c5cccc6ccccc56)c5ccccc5c(-c5ccc(-c6ccccc6)cc5)c34)cc2)cc1. The van der Waals surface area contributed by atoms with Gasteiger partial charge in [-0.05, 0) is 88.0 Å². The highest BCUT2D eigenvalue weighted by atomic mass is 14.2. The van der Waals surface area contributed by atoms with Crippen LogP contribution in [-0.4, -0.2) is 0 Å². The van der Waals surface area contributed by atoms with Crippen molar-refractivity contribution in [2.45, 2.75) is 0 Å². The summed E-state index contributed by atoms with van der Waals surface area (Å²) in [6.07, 6.45) is 0. The molecule has 0 unspecified atom stereocenters. The molecule has 0 bridgehead atoms. The summed E-state index contributed by atoms with van der Waals surface area (Å²) in [4.78, 5) is 0. The molecule has 0 nitrogen and oxygen atoms in total. The Morgan fingerprint density at radius 3 is 1.27 bits per heavy atom. The first-order valence-electron chi connectivity index (χ1n) is 16.6. The van der Waals surface area contributed by atoms with Crippen molar-refractivity contribution in [2.24, 2.45) is 0 Å². The molecule has 48 heavy (non-hydrogen) atoms. The Balaban J connectivity index is 1.36. The minimum Gasteiger partial charge on any atom is -0.0622 e. The molecule has 0 saturated heterocycles. The molecule has 0 aromatic heterocycles. The lowest BCUT2D eigenvalue weighted by molar-refractivity contribution is 1.60. The van der Waals surface area contributed by atoms with Gasteiger partial charge in [-0.2, -0.15) is 0 Å². The van der Waals surface area contributed by atoms with Crippen LogP contribution in [0, 0.1) is 0 Å². The van der Waals surface area contributed by atoms with Crippen LogP contribution >= 0.6 is 0 Å². The van der Waals surface area contributed by atoms with Crippen molar-refractivity contribution in [2.75, 3.05) is 0 Å². The van der Waals surface area contributed by atoms with Gasteiger partial charge in [-0.25, -0.2) is 0 Å². The molecule has 0 saturated carbocycles. The molecule has 0 spiro atoms. The third-order valence-corrected chi connectivity index (χ3v) is 9.69. The molecule has 0 aliphatic rings. The maximum Gasteiger partial charge on any atom is -0.00141 e. The molecule has 9 rings (SSSR count). The quantitative estimate of drug-likeness (QED) is 0.171. The molecule has 224 valence electrons. The second-order valence-corrected chi connectivity index (χ2v) is 12.4. The van der Waals surface area contributed by atoms with Gasteiger partial charge in [0.2, 0.25) is 0 Å². The van der Waals surface area contributed by atoms with Crippen molar-refractivity contribution < 1.29 is 0 Å². The van der Waals surface area contributed by atoms with Gasteiger partial charge in [-0.3, -0.25) is 0 Å². The third-order valence-electron chi connectivity index (χ3n) is 9.69. The van der Waals surface area contributed by atoms with Crippen LogP contribution in [0.15, 0.2) is 194 Å². The zero-order chi connectivity index (χ0) is 31.9. The van der Waals surface area contributed by atoms with Crippen LogP contribution in [-0.2, 0) is 0 Å². The summed E-state index contributed by atoms with van der Waals surface area (Å²) in [5.74, 6) is 0. The first-order chi connectivity index (χ1) is 23.8. The molecular formula is C48H32. The molecule has 0 radical (unpaired) electrons. The Morgan fingerprint density at radius 2 is 0.625 bits per heavy atom. The van der Waals surface area contributed by atoms with Gasteiger partial charge < -0.3 is 0 Å². The summed E-state index contributed by atoms with van der Waals surface area (Å²) in [7, 11) is 0. The lowest BCUT2D eigenvalue weighted by atomic mass is 9.82. The van der Waals surface area contributed by atoms with Crippen LogP contribution < -0.4 is 0 Å². The average Bonchev–Trinajstić information content (AvgIpc) is 3.17. The Bertz CT molecular complexity index is 2550. The number of hydrogen-bond acceptors (Lipinski definition) is 0. The van der Waals surface area contributed by atoms with E-state index in [-0.39, 0.29) is 0 Å². The lowest BCUT2D eigenvalue weighted by Gasteiger charge is -2.21. The molecule has 0 N–H and O–H groups in total. The maximum atomic E-state index is 2.32. The van der Waals surface area contributed by atoms with E-state index in [2.05, 4.69) is 194 Å². The van der Waals surface area contributed by atoms with E-state index in [1.807, 2.05) is 0 Å². The molecule has 0 fully saturated rings. The Kier molecular flexibility index (Phi) is 6.91. The molecule has 9 aromatic rings. The molecule has 0 aliphatic carbocycles. The molecule has 9 aromatic carbocycles. The Morgan fingerprint density at radius 1 is 0.208 bits per heavy atom. The fourth-order valence-electron chi connectivity index (χ4n) is 7.44. The average molecular weight is 609 g/mol. The van der Waals surface area contributed by atoms with Gasteiger partial charge in [0.05, 0.1) is 0 Å². The van der Waals surface area contributed by atoms with Crippen LogP contribution in [0.4, 0.5) is 0 Å². The number of hydrogen-bond donors (Lipinski definition) is 0. The molecule has 0 heteroatoms. The van der Waals surface area contributed by atoms with Crippen molar-refractivity contribution in [1.29, 1.82) is 0 Å². The highest BCUT2D eigenvalue weighted by Crippen LogP contribution is 2.48. The minimum absolute atomic E-state index is 1.21. The zero-order valence-corrected chi connectivity index (χ0v) is 26.5. The summed E-state index contributed by atoms with van der Waals surface area (Å²) in [6, 6.07) is 70.7. The topological polar surface area (TPSA) is 0 Å². The summed E-state index contributed by atoms with van der Waals surface area (Å²) in [5.41, 5.74) is 12.4. The second kappa shape index (κ2) is 11.8. The first-order valence-corrected chi connectivity index (χ1v) is 16.6. The Labute approximate surface area is 281 Å². The summed E-state index contributed by atoms with van der Waals surface area (Å²) >= 11 is 0. The summed E-state index contributed by atoms with van der Waals surface area (Å²) < 4.78 is 0. The first kappa shape index (κ1) is 28.0. The summed E-state index contributed by atoms with van der Waals surface area (Å²) in [5, 5.41) is 7.58. The molecule has 0 heterocycles. The van der Waals surface area contributed by atoms with Crippen LogP contribution in [0.1, 0.15) is 0 Å². The van der Waals surface area contributed by atoms with E-state index in [0.29, 0.717) is 0 Å². The van der Waals surface area contributed by atoms with Crippen LogP contribution in [0.5, 0.6) is 0 Å². The van der Waals surface area contributed by atoms with Crippen molar-refractivity contribution in [3.05, 3.63) is 194 Å². The van der Waals surface area contributed by atoms with Gasteiger partial charge in [0.1, 0.15) is 0 Å². The van der Waals surface area contributed by atoms with Crippen LogP contribution in [0.3, 0.4) is 0 Å². The molecule has 0 aliphatic heterocycles. The van der Waals surface area contributed by atoms with Gasteiger partial charge in [-0.1, -0.05) is 194 Å². The van der Waals surface area contributed by atoms with E-state index >= 15 is 0 Å². The van der Waals surface area contributed by atoms with E-state index in [9.17, 15) is 0 Å². The Hall–Kier alpha value is -6.24. The normalized spacial score (nSPS) is 11.3. The van der Waals surface area contributed by atoms with Crippen molar-refractivity contribution >= 4 is 32.3 Å². The maximum absolute atomic E-state index is 2.32. The molecule has 0 amide bonds. The third kappa shape index (κ3) is 4.78. The highest BCUT2D eigenvalue weighted by Gasteiger charge is 2.20. The fraction of sp³-hybridized carbons (Fsp3) is 0. The predicted molar refractivity (Wildman–Crippen MR) is 206 cm³/mol. The number of benzene rings is 9. The lowest BCUT2D eigenvalue weighted by Crippen LogP contribution is -1.94. The van der Waals surface area contributed by atoms with Gasteiger partial charge in [-0.15, -0.1) is 0 Å². The van der Waals surface area contributed by atoms with E-state index in [0.717, 1.165) is 0 Å². The van der Waals surface area contributed by atoms with Gasteiger partial charge in [0, 0.05) is 0 Å². The highest BCUT2D eigenvalue weighted by molar-refractivity contribution is 6.26. The van der Waals surface area contributed by atoms with Crippen molar-refractivity contribution in [1.82, 2.24) is 0 Å². The standard InChI is InChI=1S/C48H32/c1-3-13-33(14-4-1)35-25-29-38(30-26-35)41-22-12-24-45-47(42-23-11-18-37-17-7-8-19-40(37)42)44-21-10-9-20-43(44)46(48(41)45)39-31-27-36(28-32-39)34-15-5-2-6-16-34/h1-32H. The monoisotopic (exact) mass is 608 g/mol. The van der Waals surface area contributed by atoms with E-state index in [1.54, 1.807) is 0 Å². The molecule has 0 atom stereocenters. The largest absolute Gasteiger partial charge is 0.0622 e. The number of rotatable bonds is 5. The predicted octanol–water partition coefficient (Wildman–Crippen LogP) is 13.5. The minimum atomic E-state index is 1.21. The van der Waals surface area contributed by atoms with Gasteiger partial charge in [0.25, 0.3) is 0 Å². The smallest absolute Gasteiger partial charge is 0.00141 e. The second-order valence-electron chi connectivity index (χ2n) is 12.4. The van der Waals surface area contributed by atoms with E-state index in [1.165, 1.54) is 88.0 Å².